The molecular weight excluding hydrogens is 398 g/mol. The van der Waals surface area contributed by atoms with Crippen LogP contribution in [0.25, 0.3) is 27.9 Å². The zero-order valence-corrected chi connectivity index (χ0v) is 16.7. The van der Waals surface area contributed by atoms with Crippen LogP contribution in [0, 0.1) is 0 Å². The van der Waals surface area contributed by atoms with E-state index in [1.54, 1.807) is 16.9 Å². The van der Waals surface area contributed by atoms with E-state index in [9.17, 15) is 19.5 Å². The summed E-state index contributed by atoms with van der Waals surface area (Å²) in [6.45, 7) is -0.000487. The predicted molar refractivity (Wildman–Crippen MR) is 114 cm³/mol. The number of carbonyl (C=O) groups is 2. The lowest BCUT2D eigenvalue weighted by atomic mass is 9.99. The molecule has 4 aromatic rings. The van der Waals surface area contributed by atoms with Gasteiger partial charge in [0.2, 0.25) is 0 Å². The molecule has 1 aromatic carbocycles. The molecule has 0 saturated heterocycles. The molecule has 1 N–H and O–H groups in total. The molecule has 8 nitrogen and oxygen atoms in total. The van der Waals surface area contributed by atoms with Crippen molar-refractivity contribution in [3.05, 3.63) is 82.9 Å². The van der Waals surface area contributed by atoms with Crippen molar-refractivity contribution in [1.29, 1.82) is 0 Å². The Hall–Kier alpha value is -4.20. The molecule has 0 aliphatic heterocycles. The summed E-state index contributed by atoms with van der Waals surface area (Å²) in [5.41, 5.74) is 2.42. The first-order chi connectivity index (χ1) is 15.0. The molecule has 31 heavy (non-hydrogen) atoms. The van der Waals surface area contributed by atoms with Gasteiger partial charge >= 0.3 is 11.9 Å². The van der Waals surface area contributed by atoms with Crippen LogP contribution in [0.4, 0.5) is 0 Å². The molecule has 0 bridgehead atoms. The maximum Gasteiger partial charge on any atom is 0.341 e. The number of benzene rings is 1. The molecule has 156 valence electrons. The number of carboxylic acid groups (broad SMARTS) is 1. The van der Waals surface area contributed by atoms with Crippen LogP contribution in [0.2, 0.25) is 0 Å². The molecule has 0 saturated carbocycles. The Kier molecular flexibility index (Phi) is 5.36. The minimum atomic E-state index is -1.34. The average Bonchev–Trinajstić information content (AvgIpc) is 3.18. The third-order valence-corrected chi connectivity index (χ3v) is 4.98. The topological polar surface area (TPSA) is 103 Å². The molecule has 0 radical (unpaired) electrons. The van der Waals surface area contributed by atoms with E-state index in [-0.39, 0.29) is 18.5 Å². The number of hydrogen-bond donors (Lipinski definition) is 1. The maximum absolute atomic E-state index is 12.7. The molecule has 3 heterocycles. The van der Waals surface area contributed by atoms with E-state index in [2.05, 4.69) is 9.84 Å². The van der Waals surface area contributed by atoms with Gasteiger partial charge in [-0.25, -0.2) is 9.31 Å². The largest absolute Gasteiger partial charge is 0.477 e. The van der Waals surface area contributed by atoms with Crippen molar-refractivity contribution < 1.29 is 19.4 Å². The normalized spacial score (nSPS) is 10.9. The molecule has 0 spiro atoms. The number of aromatic nitrogens is 3. The third kappa shape index (κ3) is 3.83. The number of nitrogens with zero attached hydrogens (tertiary/aromatic N) is 3. The van der Waals surface area contributed by atoms with Gasteiger partial charge in [-0.3, -0.25) is 9.59 Å². The Morgan fingerprint density at radius 1 is 1.06 bits per heavy atom. The molecule has 0 atom stereocenters. The fourth-order valence-electron chi connectivity index (χ4n) is 3.49. The molecule has 0 aliphatic rings. The van der Waals surface area contributed by atoms with E-state index in [1.807, 2.05) is 48.5 Å². The van der Waals surface area contributed by atoms with Crippen LogP contribution in [-0.2, 0) is 16.1 Å². The van der Waals surface area contributed by atoms with Crippen molar-refractivity contribution in [1.82, 2.24) is 14.2 Å². The van der Waals surface area contributed by atoms with Crippen molar-refractivity contribution in [3.63, 3.8) is 0 Å². The van der Waals surface area contributed by atoms with Gasteiger partial charge in [0, 0.05) is 35.6 Å². The summed E-state index contributed by atoms with van der Waals surface area (Å²) in [7, 11) is 1.26. The molecule has 0 fully saturated rings. The van der Waals surface area contributed by atoms with Crippen molar-refractivity contribution in [2.24, 2.45) is 0 Å². The van der Waals surface area contributed by atoms with E-state index in [1.165, 1.54) is 17.7 Å². The number of pyridine rings is 2. The number of ether oxygens (including phenoxy) is 1. The summed E-state index contributed by atoms with van der Waals surface area (Å²) in [5.74, 6) is -1.83. The van der Waals surface area contributed by atoms with Crippen molar-refractivity contribution >= 4 is 17.5 Å². The monoisotopic (exact) mass is 417 g/mol. The van der Waals surface area contributed by atoms with E-state index < -0.39 is 17.5 Å². The predicted octanol–water partition coefficient (Wildman–Crippen LogP) is 3.09. The first-order valence-corrected chi connectivity index (χ1v) is 9.57. The van der Waals surface area contributed by atoms with E-state index >= 15 is 0 Å². The van der Waals surface area contributed by atoms with Crippen LogP contribution in [-0.4, -0.2) is 38.3 Å². The third-order valence-electron chi connectivity index (χ3n) is 4.98. The lowest BCUT2D eigenvalue weighted by Gasteiger charge is -2.11. The fourth-order valence-corrected chi connectivity index (χ4v) is 3.49. The number of hydrogen-bond acceptors (Lipinski definition) is 5. The number of esters is 1. The van der Waals surface area contributed by atoms with Gasteiger partial charge in [-0.15, -0.1) is 0 Å². The fraction of sp³-hybridized carbons (Fsp3) is 0.130. The minimum absolute atomic E-state index is 0.000487. The van der Waals surface area contributed by atoms with E-state index in [0.29, 0.717) is 16.8 Å². The summed E-state index contributed by atoms with van der Waals surface area (Å²) in [6, 6.07) is 16.4. The summed E-state index contributed by atoms with van der Waals surface area (Å²) in [4.78, 5) is 36.0. The van der Waals surface area contributed by atoms with Crippen LogP contribution < -0.4 is 5.56 Å². The molecule has 0 aliphatic carbocycles. The number of carbonyl (C=O) groups excluding carboxylic acids is 1. The highest BCUT2D eigenvalue weighted by molar-refractivity contribution is 5.95. The molecular formula is C23H19N3O5. The number of aryl methyl sites for hydroxylation is 1. The first kappa shape index (κ1) is 20.1. The van der Waals surface area contributed by atoms with Gasteiger partial charge in [0.15, 0.2) is 0 Å². The number of methoxy groups -OCH3 is 1. The van der Waals surface area contributed by atoms with Crippen LogP contribution in [0.3, 0.4) is 0 Å². The molecule has 3 aromatic heterocycles. The second kappa shape index (κ2) is 8.27. The SMILES string of the molecule is COC(=O)CCn1cc(-c2c(-c3ccccc3)nn3ccccc23)cc(C(=O)O)c1=O. The number of carboxylic acids is 1. The van der Waals surface area contributed by atoms with Gasteiger partial charge in [-0.2, -0.15) is 5.10 Å². The number of aromatic carboxylic acids is 1. The maximum atomic E-state index is 12.7. The Bertz CT molecular complexity index is 1340. The summed E-state index contributed by atoms with van der Waals surface area (Å²) < 4.78 is 7.59. The lowest BCUT2D eigenvalue weighted by Crippen LogP contribution is -2.27. The van der Waals surface area contributed by atoms with Gasteiger partial charge in [0.1, 0.15) is 11.3 Å². The Morgan fingerprint density at radius 2 is 1.81 bits per heavy atom. The summed E-state index contributed by atoms with van der Waals surface area (Å²) in [6.07, 6.45) is 3.31. The summed E-state index contributed by atoms with van der Waals surface area (Å²) in [5, 5.41) is 14.3. The van der Waals surface area contributed by atoms with Crippen LogP contribution >= 0.6 is 0 Å². The smallest absolute Gasteiger partial charge is 0.341 e. The van der Waals surface area contributed by atoms with Gasteiger partial charge < -0.3 is 14.4 Å². The first-order valence-electron chi connectivity index (χ1n) is 9.57. The Labute approximate surface area is 176 Å². The number of fused-ring (bicyclic) bond motifs is 1. The standard InChI is InChI=1S/C23H19N3O5/c1-31-19(27)10-12-25-14-16(13-17(22(25)28)23(29)30)20-18-9-5-6-11-26(18)24-21(20)15-7-3-2-4-8-15/h2-9,11,13-14H,10,12H2,1H3,(H,29,30). The van der Waals surface area contributed by atoms with Gasteiger partial charge in [-0.05, 0) is 18.2 Å². The van der Waals surface area contributed by atoms with Crippen molar-refractivity contribution in [3.8, 4) is 22.4 Å². The second-order valence-corrected chi connectivity index (χ2v) is 6.89. The van der Waals surface area contributed by atoms with Crippen LogP contribution in [0.5, 0.6) is 0 Å². The lowest BCUT2D eigenvalue weighted by molar-refractivity contribution is -0.140. The zero-order valence-electron chi connectivity index (χ0n) is 16.7. The minimum Gasteiger partial charge on any atom is -0.477 e. The molecule has 4 rings (SSSR count). The molecule has 0 unspecified atom stereocenters. The van der Waals surface area contributed by atoms with E-state index in [4.69, 9.17) is 0 Å². The average molecular weight is 417 g/mol. The second-order valence-electron chi connectivity index (χ2n) is 6.89. The quantitative estimate of drug-likeness (QED) is 0.484. The molecule has 8 heteroatoms. The highest BCUT2D eigenvalue weighted by atomic mass is 16.5. The molecule has 0 amide bonds. The summed E-state index contributed by atoms with van der Waals surface area (Å²) >= 11 is 0. The Balaban J connectivity index is 1.97. The van der Waals surface area contributed by atoms with Crippen molar-refractivity contribution in [2.75, 3.05) is 7.11 Å². The van der Waals surface area contributed by atoms with Crippen LogP contribution in [0.1, 0.15) is 16.8 Å². The Morgan fingerprint density at radius 3 is 2.52 bits per heavy atom. The van der Waals surface area contributed by atoms with E-state index in [0.717, 1.165) is 11.1 Å². The zero-order chi connectivity index (χ0) is 22.0. The van der Waals surface area contributed by atoms with Gasteiger partial charge in [-0.1, -0.05) is 36.4 Å². The number of rotatable bonds is 6. The van der Waals surface area contributed by atoms with Gasteiger partial charge in [0.05, 0.1) is 19.0 Å². The highest BCUT2D eigenvalue weighted by Crippen LogP contribution is 2.35. The van der Waals surface area contributed by atoms with Crippen molar-refractivity contribution in [2.45, 2.75) is 13.0 Å². The van der Waals surface area contributed by atoms with Crippen LogP contribution in [0.15, 0.2) is 71.8 Å². The highest BCUT2D eigenvalue weighted by Gasteiger charge is 2.21. The van der Waals surface area contributed by atoms with Gasteiger partial charge in [0.25, 0.3) is 5.56 Å².